The average molecular weight is 439 g/mol. The number of nitrogens with zero attached hydrogens (tertiary/aromatic N) is 1. The van der Waals surface area contributed by atoms with Gasteiger partial charge in [-0.15, -0.1) is 11.3 Å². The molecule has 9 heteroatoms. The third kappa shape index (κ3) is 4.89. The predicted molar refractivity (Wildman–Crippen MR) is 109 cm³/mol. The minimum Gasteiger partial charge on any atom is -0.337 e. The molecule has 0 saturated heterocycles. The minimum absolute atomic E-state index is 0.0524. The van der Waals surface area contributed by atoms with Gasteiger partial charge >= 0.3 is 0 Å². The molecule has 0 bridgehead atoms. The molecule has 2 aromatic carbocycles. The molecular weight excluding hydrogens is 423 g/mol. The zero-order valence-electron chi connectivity index (χ0n) is 14.7. The Morgan fingerprint density at radius 1 is 1.07 bits per heavy atom. The van der Waals surface area contributed by atoms with Gasteiger partial charge < -0.3 is 4.90 Å². The van der Waals surface area contributed by atoms with Crippen LogP contribution in [0.15, 0.2) is 65.6 Å². The monoisotopic (exact) mass is 438 g/mol. The number of hydrogen-bond donors (Lipinski definition) is 1. The summed E-state index contributed by atoms with van der Waals surface area (Å²) in [6.45, 7) is 0.426. The summed E-state index contributed by atoms with van der Waals surface area (Å²) in [4.78, 5) is 15.0. The van der Waals surface area contributed by atoms with Crippen LogP contribution in [0.3, 0.4) is 0 Å². The van der Waals surface area contributed by atoms with E-state index in [4.69, 9.17) is 11.6 Å². The van der Waals surface area contributed by atoms with Gasteiger partial charge in [0.2, 0.25) is 0 Å². The second kappa shape index (κ2) is 8.30. The van der Waals surface area contributed by atoms with Gasteiger partial charge in [-0.2, -0.15) is 0 Å². The van der Waals surface area contributed by atoms with Crippen LogP contribution < -0.4 is 4.72 Å². The Labute approximate surface area is 171 Å². The first kappa shape index (κ1) is 20.3. The molecule has 0 radical (unpaired) electrons. The number of anilines is 1. The van der Waals surface area contributed by atoms with Crippen molar-refractivity contribution in [2.45, 2.75) is 11.4 Å². The van der Waals surface area contributed by atoms with Crippen molar-refractivity contribution in [3.63, 3.8) is 0 Å². The number of hydrogen-bond acceptors (Lipinski definition) is 4. The number of rotatable bonds is 6. The maximum atomic E-state index is 13.0. The zero-order chi connectivity index (χ0) is 20.3. The lowest BCUT2D eigenvalue weighted by Crippen LogP contribution is -2.25. The summed E-state index contributed by atoms with van der Waals surface area (Å²) < 4.78 is 40.7. The van der Waals surface area contributed by atoms with Crippen LogP contribution >= 0.6 is 22.9 Å². The topological polar surface area (TPSA) is 66.5 Å². The fourth-order valence-electron chi connectivity index (χ4n) is 2.47. The molecule has 0 aliphatic heterocycles. The molecule has 0 spiro atoms. The van der Waals surface area contributed by atoms with Crippen LogP contribution in [-0.4, -0.2) is 26.3 Å². The van der Waals surface area contributed by atoms with Gasteiger partial charge in [-0.25, -0.2) is 12.8 Å². The lowest BCUT2D eigenvalue weighted by atomic mass is 10.2. The van der Waals surface area contributed by atoms with Crippen molar-refractivity contribution < 1.29 is 17.6 Å². The predicted octanol–water partition coefficient (Wildman–Crippen LogP) is 4.61. The molecule has 0 aliphatic rings. The van der Waals surface area contributed by atoms with Crippen LogP contribution in [0.4, 0.5) is 10.1 Å². The molecule has 1 aromatic heterocycles. The second-order valence-corrected chi connectivity index (χ2v) is 9.49. The molecule has 3 rings (SSSR count). The molecule has 0 aliphatic carbocycles. The summed E-state index contributed by atoms with van der Waals surface area (Å²) in [5, 5.41) is 0. The SMILES string of the molecule is CN(Cc1ccc(Cl)s1)C(=O)c1ccc(NS(=O)(=O)c2ccc(F)cc2)cc1. The van der Waals surface area contributed by atoms with Crippen molar-refractivity contribution in [1.29, 1.82) is 0 Å². The molecular formula is C19H16ClFN2O3S2. The molecule has 3 aromatic rings. The van der Waals surface area contributed by atoms with Crippen molar-refractivity contribution in [2.75, 3.05) is 11.8 Å². The summed E-state index contributed by atoms with van der Waals surface area (Å²) in [6, 6.07) is 14.3. The first-order valence-electron chi connectivity index (χ1n) is 8.13. The van der Waals surface area contributed by atoms with Gasteiger partial charge in [0.25, 0.3) is 15.9 Å². The number of halogens is 2. The fourth-order valence-corrected chi connectivity index (χ4v) is 4.67. The van der Waals surface area contributed by atoms with Gasteiger partial charge in [0, 0.05) is 23.2 Å². The van der Waals surface area contributed by atoms with Crippen molar-refractivity contribution in [2.24, 2.45) is 0 Å². The first-order valence-corrected chi connectivity index (χ1v) is 10.8. The largest absolute Gasteiger partial charge is 0.337 e. The van der Waals surface area contributed by atoms with E-state index in [2.05, 4.69) is 4.72 Å². The van der Waals surface area contributed by atoms with E-state index in [9.17, 15) is 17.6 Å². The van der Waals surface area contributed by atoms with E-state index in [0.29, 0.717) is 22.1 Å². The molecule has 0 atom stereocenters. The van der Waals surface area contributed by atoms with Gasteiger partial charge in [0.15, 0.2) is 0 Å². The standard InChI is InChI=1S/C19H16ClFN2O3S2/c1-23(12-16-8-11-18(20)27-16)19(24)13-2-6-15(7-3-13)22-28(25,26)17-9-4-14(21)5-10-17/h2-11,22H,12H2,1H3. The molecule has 0 fully saturated rings. The number of benzene rings is 2. The summed E-state index contributed by atoms with van der Waals surface area (Å²) in [6.07, 6.45) is 0. The van der Waals surface area contributed by atoms with E-state index in [1.165, 1.54) is 35.6 Å². The molecule has 1 heterocycles. The highest BCUT2D eigenvalue weighted by Crippen LogP contribution is 2.23. The van der Waals surface area contributed by atoms with E-state index < -0.39 is 15.8 Å². The fraction of sp³-hybridized carbons (Fsp3) is 0.105. The van der Waals surface area contributed by atoms with Crippen molar-refractivity contribution >= 4 is 44.6 Å². The first-order chi connectivity index (χ1) is 13.2. The third-order valence-electron chi connectivity index (χ3n) is 3.88. The van der Waals surface area contributed by atoms with Gasteiger partial charge in [-0.3, -0.25) is 9.52 Å². The molecule has 1 amide bonds. The number of carbonyl (C=O) groups is 1. The smallest absolute Gasteiger partial charge is 0.261 e. The van der Waals surface area contributed by atoms with Crippen LogP contribution in [0, 0.1) is 5.82 Å². The summed E-state index contributed by atoms with van der Waals surface area (Å²) in [5.41, 5.74) is 0.725. The normalized spacial score (nSPS) is 11.2. The number of nitrogens with one attached hydrogen (secondary N) is 1. The van der Waals surface area contributed by atoms with Crippen LogP contribution in [0.25, 0.3) is 0 Å². The van der Waals surface area contributed by atoms with E-state index in [0.717, 1.165) is 17.0 Å². The van der Waals surface area contributed by atoms with Gasteiger partial charge in [0.05, 0.1) is 15.8 Å². The van der Waals surface area contributed by atoms with Crippen LogP contribution in [0.1, 0.15) is 15.2 Å². The number of sulfonamides is 1. The Kier molecular flexibility index (Phi) is 6.02. The van der Waals surface area contributed by atoms with E-state index in [1.54, 1.807) is 30.1 Å². The van der Waals surface area contributed by atoms with Gasteiger partial charge in [-0.05, 0) is 60.7 Å². The molecule has 146 valence electrons. The Morgan fingerprint density at radius 3 is 2.29 bits per heavy atom. The van der Waals surface area contributed by atoms with Crippen molar-refractivity contribution in [3.05, 3.63) is 81.3 Å². The summed E-state index contributed by atoms with van der Waals surface area (Å²) >= 11 is 7.31. The Balaban J connectivity index is 1.68. The highest BCUT2D eigenvalue weighted by molar-refractivity contribution is 7.92. The number of amides is 1. The molecule has 28 heavy (non-hydrogen) atoms. The van der Waals surface area contributed by atoms with E-state index >= 15 is 0 Å². The Bertz CT molecular complexity index is 1080. The van der Waals surface area contributed by atoms with Crippen LogP contribution in [-0.2, 0) is 16.6 Å². The van der Waals surface area contributed by atoms with Crippen LogP contribution in [0.2, 0.25) is 4.34 Å². The highest BCUT2D eigenvalue weighted by atomic mass is 35.5. The molecule has 0 saturated carbocycles. The molecule has 1 N–H and O–H groups in total. The maximum Gasteiger partial charge on any atom is 0.261 e. The van der Waals surface area contributed by atoms with Crippen molar-refractivity contribution in [3.8, 4) is 0 Å². The van der Waals surface area contributed by atoms with E-state index in [1.807, 2.05) is 6.07 Å². The number of thiophene rings is 1. The zero-order valence-corrected chi connectivity index (χ0v) is 17.1. The van der Waals surface area contributed by atoms with Crippen molar-refractivity contribution in [1.82, 2.24) is 4.90 Å². The second-order valence-electron chi connectivity index (χ2n) is 6.00. The van der Waals surface area contributed by atoms with Gasteiger partial charge in [0.1, 0.15) is 5.82 Å². The summed E-state index contributed by atoms with van der Waals surface area (Å²) in [7, 11) is -2.16. The highest BCUT2D eigenvalue weighted by Gasteiger charge is 2.16. The van der Waals surface area contributed by atoms with Crippen LogP contribution in [0.5, 0.6) is 0 Å². The number of carbonyl (C=O) groups excluding carboxylic acids is 1. The lowest BCUT2D eigenvalue weighted by Gasteiger charge is -2.16. The maximum absolute atomic E-state index is 13.0. The van der Waals surface area contributed by atoms with E-state index in [-0.39, 0.29) is 10.8 Å². The quantitative estimate of drug-likeness (QED) is 0.611. The average Bonchev–Trinajstić information content (AvgIpc) is 3.06. The van der Waals surface area contributed by atoms with Gasteiger partial charge in [-0.1, -0.05) is 11.6 Å². The molecule has 5 nitrogen and oxygen atoms in total. The lowest BCUT2D eigenvalue weighted by molar-refractivity contribution is 0.0786. The third-order valence-corrected chi connectivity index (χ3v) is 6.49. The Morgan fingerprint density at radius 2 is 1.71 bits per heavy atom. The summed E-state index contributed by atoms with van der Waals surface area (Å²) in [5.74, 6) is -0.715. The minimum atomic E-state index is -3.84. The molecule has 0 unspecified atom stereocenters. The Hall–Kier alpha value is -2.42.